The van der Waals surface area contributed by atoms with Gasteiger partial charge in [-0.05, 0) is 19.1 Å². The second-order valence-electron chi connectivity index (χ2n) is 2.18. The maximum Gasteiger partial charge on any atom is 0.126 e. The third-order valence-corrected chi connectivity index (χ3v) is 1.44. The van der Waals surface area contributed by atoms with Crippen LogP contribution < -0.4 is 5.32 Å². The quantitative estimate of drug-likeness (QED) is 0.551. The summed E-state index contributed by atoms with van der Waals surface area (Å²) in [5.74, 6) is 0.789. The van der Waals surface area contributed by atoms with Crippen LogP contribution in [-0.4, -0.2) is 10.4 Å². The Hall–Kier alpha value is -0.410. The molecule has 0 fully saturated rings. The molecule has 1 rings (SSSR count). The van der Waals surface area contributed by atoms with Gasteiger partial charge in [-0.15, -0.1) is 0 Å². The fourth-order valence-electron chi connectivity index (χ4n) is 0.675. The zero-order valence-corrected chi connectivity index (χ0v) is 7.73. The molecule has 0 amide bonds. The lowest BCUT2D eigenvalue weighted by atomic mass is 10.4. The van der Waals surface area contributed by atoms with Gasteiger partial charge in [0, 0.05) is 6.20 Å². The third-order valence-electron chi connectivity index (χ3n) is 1.08. The minimum Gasteiger partial charge on any atom is -0.359 e. The van der Waals surface area contributed by atoms with Gasteiger partial charge in [-0.1, -0.05) is 11.6 Å². The van der Waals surface area contributed by atoms with Gasteiger partial charge in [0.15, 0.2) is 0 Å². The Balaban J connectivity index is 2.66. The highest BCUT2D eigenvalue weighted by molar-refractivity contribution is 7.81. The van der Waals surface area contributed by atoms with Gasteiger partial charge in [-0.25, -0.2) is 4.98 Å². The lowest BCUT2D eigenvalue weighted by molar-refractivity contribution is 1.10. The van der Waals surface area contributed by atoms with Gasteiger partial charge in [0.05, 0.1) is 10.4 Å². The summed E-state index contributed by atoms with van der Waals surface area (Å²) >= 11 is 9.79. The van der Waals surface area contributed by atoms with E-state index in [9.17, 15) is 0 Å². The van der Waals surface area contributed by atoms with Crippen molar-refractivity contribution in [2.45, 2.75) is 12.3 Å². The molecule has 0 saturated carbocycles. The highest BCUT2D eigenvalue weighted by atomic mass is 35.5. The number of pyridine rings is 1. The predicted octanol–water partition coefficient (Wildman–Crippen LogP) is 2.42. The van der Waals surface area contributed by atoms with E-state index in [4.69, 9.17) is 11.6 Å². The van der Waals surface area contributed by atoms with Crippen molar-refractivity contribution in [3.8, 4) is 0 Å². The van der Waals surface area contributed by atoms with Crippen molar-refractivity contribution in [2.24, 2.45) is 0 Å². The number of nitrogens with one attached hydrogen (secondary N) is 1. The molecule has 0 radical (unpaired) electrons. The first-order chi connectivity index (χ1) is 5.18. The lowest BCUT2D eigenvalue weighted by Gasteiger charge is -2.06. The topological polar surface area (TPSA) is 24.9 Å². The molecular formula is C7H9ClN2S. The second-order valence-corrected chi connectivity index (χ2v) is 3.39. The van der Waals surface area contributed by atoms with Crippen LogP contribution in [0.4, 0.5) is 5.82 Å². The molecule has 1 aromatic rings. The molecule has 0 aliphatic heterocycles. The van der Waals surface area contributed by atoms with E-state index in [1.807, 2.05) is 13.0 Å². The summed E-state index contributed by atoms with van der Waals surface area (Å²) in [5.41, 5.74) is 0. The molecule has 1 aromatic heterocycles. The molecule has 0 aliphatic carbocycles. The molecule has 0 aromatic carbocycles. The van der Waals surface area contributed by atoms with Crippen molar-refractivity contribution >= 4 is 30.0 Å². The van der Waals surface area contributed by atoms with Crippen molar-refractivity contribution < 1.29 is 0 Å². The largest absolute Gasteiger partial charge is 0.359 e. The molecule has 0 aliphatic rings. The van der Waals surface area contributed by atoms with Crippen LogP contribution >= 0.6 is 24.2 Å². The Morgan fingerprint density at radius 1 is 1.64 bits per heavy atom. The molecule has 4 heteroatoms. The molecular weight excluding hydrogens is 180 g/mol. The second kappa shape index (κ2) is 3.83. The van der Waals surface area contributed by atoms with Crippen molar-refractivity contribution in [1.82, 2.24) is 4.98 Å². The van der Waals surface area contributed by atoms with Gasteiger partial charge in [0.25, 0.3) is 0 Å². The summed E-state index contributed by atoms with van der Waals surface area (Å²) in [6.45, 7) is 1.93. The van der Waals surface area contributed by atoms with Crippen LogP contribution in [0.5, 0.6) is 0 Å². The molecule has 0 bridgehead atoms. The molecule has 0 spiro atoms. The number of nitrogens with zero attached hydrogens (tertiary/aromatic N) is 1. The summed E-state index contributed by atoms with van der Waals surface area (Å²) < 4.78 is 0. The average molecular weight is 189 g/mol. The number of rotatable bonds is 2. The van der Waals surface area contributed by atoms with Gasteiger partial charge in [0.1, 0.15) is 5.82 Å². The average Bonchev–Trinajstić information content (AvgIpc) is 1.93. The van der Waals surface area contributed by atoms with E-state index in [1.165, 1.54) is 0 Å². The van der Waals surface area contributed by atoms with Crippen molar-refractivity contribution in [2.75, 3.05) is 5.32 Å². The number of anilines is 1. The fourth-order valence-corrected chi connectivity index (χ4v) is 0.919. The van der Waals surface area contributed by atoms with Crippen molar-refractivity contribution in [3.05, 3.63) is 23.4 Å². The SMILES string of the molecule is C[C@@H](S)Nc1ccc(Cl)cn1. The first-order valence-corrected chi connectivity index (χ1v) is 4.14. The van der Waals surface area contributed by atoms with Crippen LogP contribution in [0.3, 0.4) is 0 Å². The molecule has 0 unspecified atom stereocenters. The predicted molar refractivity (Wildman–Crippen MR) is 51.3 cm³/mol. The number of thiol groups is 1. The van der Waals surface area contributed by atoms with Crippen LogP contribution in [0, 0.1) is 0 Å². The van der Waals surface area contributed by atoms with Gasteiger partial charge < -0.3 is 5.32 Å². The van der Waals surface area contributed by atoms with E-state index in [-0.39, 0.29) is 5.37 Å². The third kappa shape index (κ3) is 2.99. The standard InChI is InChI=1S/C7H9ClN2S/c1-5(11)10-7-3-2-6(8)4-9-7/h2-5,11H,1H3,(H,9,10)/t5-/m1/s1. The van der Waals surface area contributed by atoms with E-state index in [0.717, 1.165) is 5.82 Å². The number of aromatic nitrogens is 1. The minimum atomic E-state index is 0.101. The van der Waals surface area contributed by atoms with Gasteiger partial charge in [0.2, 0.25) is 0 Å². The van der Waals surface area contributed by atoms with E-state index in [1.54, 1.807) is 12.3 Å². The molecule has 1 atom stereocenters. The monoisotopic (exact) mass is 188 g/mol. The summed E-state index contributed by atoms with van der Waals surface area (Å²) in [7, 11) is 0. The Kier molecular flexibility index (Phi) is 3.02. The normalized spacial score (nSPS) is 12.6. The summed E-state index contributed by atoms with van der Waals surface area (Å²) in [6.07, 6.45) is 1.60. The molecule has 0 saturated heterocycles. The van der Waals surface area contributed by atoms with E-state index in [2.05, 4.69) is 22.9 Å². The number of hydrogen-bond donors (Lipinski definition) is 2. The Bertz CT molecular complexity index is 222. The minimum absolute atomic E-state index is 0.101. The van der Waals surface area contributed by atoms with Crippen molar-refractivity contribution in [1.29, 1.82) is 0 Å². The first-order valence-electron chi connectivity index (χ1n) is 3.24. The molecule has 1 heterocycles. The zero-order chi connectivity index (χ0) is 8.27. The van der Waals surface area contributed by atoms with E-state index < -0.39 is 0 Å². The van der Waals surface area contributed by atoms with Crippen LogP contribution in [0.1, 0.15) is 6.92 Å². The van der Waals surface area contributed by atoms with Gasteiger partial charge in [-0.2, -0.15) is 12.6 Å². The Morgan fingerprint density at radius 3 is 2.82 bits per heavy atom. The van der Waals surface area contributed by atoms with Crippen LogP contribution in [0.15, 0.2) is 18.3 Å². The van der Waals surface area contributed by atoms with Crippen LogP contribution in [0.2, 0.25) is 5.02 Å². The Labute approximate surface area is 76.4 Å². The van der Waals surface area contributed by atoms with E-state index in [0.29, 0.717) is 5.02 Å². The first kappa shape index (κ1) is 8.68. The molecule has 1 N–H and O–H groups in total. The van der Waals surface area contributed by atoms with Gasteiger partial charge >= 0.3 is 0 Å². The Morgan fingerprint density at radius 2 is 2.36 bits per heavy atom. The maximum atomic E-state index is 5.64. The smallest absolute Gasteiger partial charge is 0.126 e. The molecule has 60 valence electrons. The highest BCUT2D eigenvalue weighted by Gasteiger charge is 1.95. The number of halogens is 1. The zero-order valence-electron chi connectivity index (χ0n) is 6.08. The van der Waals surface area contributed by atoms with Crippen molar-refractivity contribution in [3.63, 3.8) is 0 Å². The van der Waals surface area contributed by atoms with Crippen LogP contribution in [0.25, 0.3) is 0 Å². The summed E-state index contributed by atoms with van der Waals surface area (Å²) in [6, 6.07) is 3.60. The maximum absolute atomic E-state index is 5.64. The van der Waals surface area contributed by atoms with Gasteiger partial charge in [-0.3, -0.25) is 0 Å². The molecule has 11 heavy (non-hydrogen) atoms. The fraction of sp³-hybridized carbons (Fsp3) is 0.286. The molecule has 2 nitrogen and oxygen atoms in total. The van der Waals surface area contributed by atoms with Crippen LogP contribution in [-0.2, 0) is 0 Å². The van der Waals surface area contributed by atoms with E-state index >= 15 is 0 Å². The number of hydrogen-bond acceptors (Lipinski definition) is 3. The summed E-state index contributed by atoms with van der Waals surface area (Å²) in [4.78, 5) is 4.03. The highest BCUT2D eigenvalue weighted by Crippen LogP contribution is 2.10. The summed E-state index contributed by atoms with van der Waals surface area (Å²) in [5, 5.41) is 3.77. The lowest BCUT2D eigenvalue weighted by Crippen LogP contribution is -2.07.